The predicted octanol–water partition coefficient (Wildman–Crippen LogP) is 0.0420. The van der Waals surface area contributed by atoms with Gasteiger partial charge in [-0.05, 0) is 19.9 Å². The summed E-state index contributed by atoms with van der Waals surface area (Å²) >= 11 is 0. The normalized spacial score (nSPS) is 12.2. The maximum atomic E-state index is 11.8. The van der Waals surface area contributed by atoms with E-state index >= 15 is 0 Å². The van der Waals surface area contributed by atoms with Gasteiger partial charge < -0.3 is 21.4 Å². The molecule has 1 aromatic heterocycles. The van der Waals surface area contributed by atoms with Crippen LogP contribution in [0.15, 0.2) is 23.6 Å². The Morgan fingerprint density at radius 3 is 2.76 bits per heavy atom. The molecule has 0 aliphatic rings. The predicted molar refractivity (Wildman–Crippen MR) is 60.9 cm³/mol. The quantitative estimate of drug-likeness (QED) is 0.256. The molecule has 0 saturated carbocycles. The van der Waals surface area contributed by atoms with Gasteiger partial charge in [0, 0.05) is 6.20 Å². The highest BCUT2D eigenvalue weighted by Crippen LogP contribution is 2.15. The number of oxime groups is 1. The number of aromatic nitrogens is 1. The number of nitrogens with two attached hydrogens (primary N) is 1. The lowest BCUT2D eigenvalue weighted by Gasteiger charge is -2.24. The van der Waals surface area contributed by atoms with Crippen molar-refractivity contribution in [3.05, 3.63) is 24.0 Å². The summed E-state index contributed by atoms with van der Waals surface area (Å²) in [6, 6.07) is 1.37. The summed E-state index contributed by atoms with van der Waals surface area (Å²) in [6.07, 6.45) is 2.54. The molecule has 0 bridgehead atoms. The molecule has 0 aliphatic carbocycles. The fourth-order valence-electron chi connectivity index (χ4n) is 1.12. The molecule has 0 aliphatic heterocycles. The maximum absolute atomic E-state index is 11.8. The number of nitrogens with one attached hydrogen (secondary N) is 1. The minimum absolute atomic E-state index is 0.0683. The number of amidine groups is 1. The van der Waals surface area contributed by atoms with Crippen molar-refractivity contribution >= 4 is 11.7 Å². The van der Waals surface area contributed by atoms with Crippen molar-refractivity contribution in [2.75, 3.05) is 0 Å². The second kappa shape index (κ2) is 4.69. The van der Waals surface area contributed by atoms with E-state index in [-0.39, 0.29) is 17.1 Å². The molecule has 0 aromatic carbocycles. The topological polar surface area (TPSA) is 121 Å². The van der Waals surface area contributed by atoms with Crippen LogP contribution in [0.2, 0.25) is 0 Å². The van der Waals surface area contributed by atoms with Crippen LogP contribution in [0.5, 0.6) is 5.75 Å². The lowest BCUT2D eigenvalue weighted by atomic mass is 10.0. The second-order valence-corrected chi connectivity index (χ2v) is 3.96. The van der Waals surface area contributed by atoms with Gasteiger partial charge in [0.05, 0.1) is 17.3 Å². The van der Waals surface area contributed by atoms with Gasteiger partial charge in [-0.2, -0.15) is 0 Å². The van der Waals surface area contributed by atoms with Gasteiger partial charge in [-0.1, -0.05) is 5.16 Å². The van der Waals surface area contributed by atoms with E-state index in [1.54, 1.807) is 13.8 Å². The Kier molecular flexibility index (Phi) is 3.52. The fourth-order valence-corrected chi connectivity index (χ4v) is 1.12. The average Bonchev–Trinajstić information content (AvgIpc) is 2.27. The summed E-state index contributed by atoms with van der Waals surface area (Å²) in [5.74, 6) is -0.916. The molecule has 92 valence electrons. The third-order valence-corrected chi connectivity index (χ3v) is 2.22. The standard InChI is InChI=1S/C10H14N4O3/c1-10(2,9(11)14-17)13-8(16)6-3-4-12-5-7(6)15/h3-5,15,17H,1-2H3,(H2,11,14)(H,13,16). The SMILES string of the molecule is CC(C)(NC(=O)c1ccncc1O)/C(N)=N/O. The van der Waals surface area contributed by atoms with Crippen LogP contribution in [0.1, 0.15) is 24.2 Å². The first-order valence-corrected chi connectivity index (χ1v) is 4.82. The summed E-state index contributed by atoms with van der Waals surface area (Å²) in [5, 5.41) is 23.4. The van der Waals surface area contributed by atoms with Crippen LogP contribution in [0.3, 0.4) is 0 Å². The lowest BCUT2D eigenvalue weighted by Crippen LogP contribution is -2.53. The van der Waals surface area contributed by atoms with Crippen LogP contribution >= 0.6 is 0 Å². The van der Waals surface area contributed by atoms with Gasteiger partial charge in [0.15, 0.2) is 5.84 Å². The number of hydrogen-bond donors (Lipinski definition) is 4. The van der Waals surface area contributed by atoms with Gasteiger partial charge in [0.2, 0.25) is 0 Å². The van der Waals surface area contributed by atoms with E-state index in [4.69, 9.17) is 10.9 Å². The third kappa shape index (κ3) is 2.83. The lowest BCUT2D eigenvalue weighted by molar-refractivity contribution is 0.0928. The maximum Gasteiger partial charge on any atom is 0.255 e. The molecule has 0 fully saturated rings. The number of pyridine rings is 1. The highest BCUT2D eigenvalue weighted by atomic mass is 16.4. The van der Waals surface area contributed by atoms with Gasteiger partial charge in [0.25, 0.3) is 5.91 Å². The third-order valence-electron chi connectivity index (χ3n) is 2.22. The molecule has 7 nitrogen and oxygen atoms in total. The zero-order valence-corrected chi connectivity index (χ0v) is 9.51. The first kappa shape index (κ1) is 12.8. The Labute approximate surface area is 98.0 Å². The van der Waals surface area contributed by atoms with Crippen molar-refractivity contribution in [2.24, 2.45) is 10.9 Å². The minimum Gasteiger partial charge on any atom is -0.505 e. The Hall–Kier alpha value is -2.31. The van der Waals surface area contributed by atoms with Crippen molar-refractivity contribution < 1.29 is 15.1 Å². The molecule has 1 heterocycles. The molecule has 0 radical (unpaired) electrons. The summed E-state index contributed by atoms with van der Waals surface area (Å²) in [7, 11) is 0. The van der Waals surface area contributed by atoms with E-state index in [0.29, 0.717) is 0 Å². The minimum atomic E-state index is -1.03. The Morgan fingerprint density at radius 1 is 1.59 bits per heavy atom. The first-order valence-electron chi connectivity index (χ1n) is 4.82. The van der Waals surface area contributed by atoms with Crippen molar-refractivity contribution in [2.45, 2.75) is 19.4 Å². The van der Waals surface area contributed by atoms with Crippen molar-refractivity contribution in [3.63, 3.8) is 0 Å². The van der Waals surface area contributed by atoms with Crippen LogP contribution in [-0.2, 0) is 0 Å². The molecule has 7 heteroatoms. The van der Waals surface area contributed by atoms with Gasteiger partial charge in [-0.3, -0.25) is 9.78 Å². The molecule has 0 unspecified atom stereocenters. The number of aromatic hydroxyl groups is 1. The molecule has 5 N–H and O–H groups in total. The zero-order valence-electron chi connectivity index (χ0n) is 9.51. The molecule has 0 atom stereocenters. The highest BCUT2D eigenvalue weighted by molar-refractivity contribution is 6.01. The number of rotatable bonds is 3. The number of carbonyl (C=O) groups is 1. The van der Waals surface area contributed by atoms with Gasteiger partial charge in [-0.15, -0.1) is 0 Å². The average molecular weight is 238 g/mol. The van der Waals surface area contributed by atoms with E-state index < -0.39 is 11.4 Å². The summed E-state index contributed by atoms with van der Waals surface area (Å²) in [6.45, 7) is 3.14. The Bertz CT molecular complexity index is 457. The van der Waals surface area contributed by atoms with Gasteiger partial charge in [-0.25, -0.2) is 0 Å². The van der Waals surface area contributed by atoms with Crippen LogP contribution in [0.4, 0.5) is 0 Å². The van der Waals surface area contributed by atoms with E-state index in [0.717, 1.165) is 6.20 Å². The Morgan fingerprint density at radius 2 is 2.24 bits per heavy atom. The van der Waals surface area contributed by atoms with E-state index in [1.165, 1.54) is 12.3 Å². The first-order chi connectivity index (χ1) is 7.88. The van der Waals surface area contributed by atoms with Gasteiger partial charge in [0.1, 0.15) is 5.75 Å². The van der Waals surface area contributed by atoms with Crippen molar-refractivity contribution in [1.29, 1.82) is 0 Å². The molecular formula is C10H14N4O3. The second-order valence-electron chi connectivity index (χ2n) is 3.96. The van der Waals surface area contributed by atoms with Crippen LogP contribution in [0.25, 0.3) is 0 Å². The number of nitrogens with zero attached hydrogens (tertiary/aromatic N) is 2. The molecular weight excluding hydrogens is 224 g/mol. The molecule has 1 aromatic rings. The molecule has 1 amide bonds. The molecule has 1 rings (SSSR count). The smallest absolute Gasteiger partial charge is 0.255 e. The zero-order chi connectivity index (χ0) is 13.1. The van der Waals surface area contributed by atoms with Crippen molar-refractivity contribution in [1.82, 2.24) is 10.3 Å². The van der Waals surface area contributed by atoms with E-state index in [9.17, 15) is 9.90 Å². The highest BCUT2D eigenvalue weighted by Gasteiger charge is 2.27. The summed E-state index contributed by atoms with van der Waals surface area (Å²) in [5.41, 5.74) is 4.47. The number of carbonyl (C=O) groups excluding carboxylic acids is 1. The van der Waals surface area contributed by atoms with Crippen LogP contribution < -0.4 is 11.1 Å². The molecule has 0 saturated heterocycles. The molecule has 17 heavy (non-hydrogen) atoms. The number of amides is 1. The van der Waals surface area contributed by atoms with Crippen LogP contribution in [0, 0.1) is 0 Å². The van der Waals surface area contributed by atoms with Crippen molar-refractivity contribution in [3.8, 4) is 5.75 Å². The largest absolute Gasteiger partial charge is 0.505 e. The Balaban J connectivity index is 2.91. The van der Waals surface area contributed by atoms with E-state index in [2.05, 4.69) is 15.5 Å². The number of hydrogen-bond acceptors (Lipinski definition) is 5. The fraction of sp³-hybridized carbons (Fsp3) is 0.300. The van der Waals surface area contributed by atoms with Crippen LogP contribution in [-0.4, -0.2) is 32.6 Å². The van der Waals surface area contributed by atoms with Gasteiger partial charge >= 0.3 is 0 Å². The summed E-state index contributed by atoms with van der Waals surface area (Å²) in [4.78, 5) is 15.5. The molecule has 0 spiro atoms. The summed E-state index contributed by atoms with van der Waals surface area (Å²) < 4.78 is 0. The van der Waals surface area contributed by atoms with E-state index in [1.807, 2.05) is 0 Å². The monoisotopic (exact) mass is 238 g/mol.